The molecule has 0 heterocycles. The summed E-state index contributed by atoms with van der Waals surface area (Å²) >= 11 is 0. The molecule has 6 heteroatoms. The Morgan fingerprint density at radius 1 is 0.296 bits per heavy atom. The summed E-state index contributed by atoms with van der Waals surface area (Å²) in [5.41, 5.74) is 0. The van der Waals surface area contributed by atoms with E-state index in [9.17, 15) is 14.4 Å². The van der Waals surface area contributed by atoms with Gasteiger partial charge in [-0.15, -0.1) is 0 Å². The summed E-state index contributed by atoms with van der Waals surface area (Å²) in [6.45, 7) is 6.31. The molecule has 400 valence electrons. The summed E-state index contributed by atoms with van der Waals surface area (Å²) in [7, 11) is 0. The van der Waals surface area contributed by atoms with Gasteiger partial charge in [-0.1, -0.05) is 219 Å². The number of allylic oxidation sites excluding steroid dienone is 22. The molecular formula is C65H104O6. The highest BCUT2D eigenvalue weighted by Gasteiger charge is 2.19. The fraction of sp³-hybridized carbons (Fsp3) is 0.615. The molecule has 0 radical (unpaired) electrons. The van der Waals surface area contributed by atoms with E-state index in [1.54, 1.807) is 0 Å². The van der Waals surface area contributed by atoms with E-state index in [0.717, 1.165) is 116 Å². The molecule has 0 aromatic heterocycles. The molecule has 1 atom stereocenters. The molecule has 0 aromatic rings. The number of ether oxygens (including phenoxy) is 3. The third kappa shape index (κ3) is 56.3. The molecule has 0 saturated heterocycles. The molecule has 0 bridgehead atoms. The zero-order chi connectivity index (χ0) is 51.4. The standard InChI is InChI=1S/C65H104O6/c1-4-7-10-13-16-19-22-25-28-29-30-31-32-33-34-35-38-40-43-46-49-52-55-58-64(67)70-61-62(71-65(68)59-56-53-50-47-44-41-37-27-24-21-18-15-12-9-6-3)60-69-63(66)57-54-51-48-45-42-39-36-26-23-20-17-14-11-8-5-2/h8-9,11-12,17-18,20-22,25-27,29-30,32-33,36-37,42,44-45,47,62H,4-7,10,13-16,19,23-24,28,31,34-35,38-41,43,46,48-61H2,1-3H3/b11-8-,12-9-,20-17-,21-18-,25-22-,30-29-,33-32-,36-26-,37-27-,45-42-,47-44-. The topological polar surface area (TPSA) is 78.9 Å². The maximum absolute atomic E-state index is 12.8. The molecule has 1 unspecified atom stereocenters. The molecule has 0 aliphatic heterocycles. The van der Waals surface area contributed by atoms with Gasteiger partial charge in [-0.3, -0.25) is 14.4 Å². The molecule has 0 aromatic carbocycles. The van der Waals surface area contributed by atoms with Crippen molar-refractivity contribution in [3.05, 3.63) is 134 Å². The maximum atomic E-state index is 12.8. The lowest BCUT2D eigenvalue weighted by Crippen LogP contribution is -2.30. The Kier molecular flexibility index (Phi) is 54.5. The fourth-order valence-corrected chi connectivity index (χ4v) is 7.37. The minimum Gasteiger partial charge on any atom is -0.462 e. The minimum absolute atomic E-state index is 0.117. The Balaban J connectivity index is 4.48. The van der Waals surface area contributed by atoms with Gasteiger partial charge in [0.2, 0.25) is 0 Å². The van der Waals surface area contributed by atoms with Gasteiger partial charge in [-0.25, -0.2) is 0 Å². The molecule has 0 aliphatic rings. The predicted molar refractivity (Wildman–Crippen MR) is 306 cm³/mol. The molecule has 0 rings (SSSR count). The van der Waals surface area contributed by atoms with Gasteiger partial charge in [-0.2, -0.15) is 0 Å². The molecule has 0 aliphatic carbocycles. The van der Waals surface area contributed by atoms with Crippen molar-refractivity contribution in [3.8, 4) is 0 Å². The molecular weight excluding hydrogens is 877 g/mol. The quantitative estimate of drug-likeness (QED) is 0.0262. The van der Waals surface area contributed by atoms with Gasteiger partial charge < -0.3 is 14.2 Å². The van der Waals surface area contributed by atoms with Gasteiger partial charge in [0.25, 0.3) is 0 Å². The van der Waals surface area contributed by atoms with E-state index in [4.69, 9.17) is 14.2 Å². The van der Waals surface area contributed by atoms with Crippen LogP contribution in [0.15, 0.2) is 134 Å². The SMILES string of the molecule is CC/C=C\C/C=C\C/C=C\C/C=C\CCCCC(=O)OCC(COC(=O)CCCCCCCCCC/C=C\C/C=C\C/C=C\CCCCCCC)OC(=O)CCCC/C=C\C/C=C\C/C=C\C/C=C\CC. The van der Waals surface area contributed by atoms with Gasteiger partial charge in [-0.05, 0) is 135 Å². The number of hydrogen-bond donors (Lipinski definition) is 0. The van der Waals surface area contributed by atoms with E-state index in [0.29, 0.717) is 25.7 Å². The van der Waals surface area contributed by atoms with Gasteiger partial charge >= 0.3 is 17.9 Å². The number of carbonyl (C=O) groups excluding carboxylic acids is 3. The van der Waals surface area contributed by atoms with Crippen molar-refractivity contribution < 1.29 is 28.6 Å². The minimum atomic E-state index is -0.825. The van der Waals surface area contributed by atoms with Crippen LogP contribution < -0.4 is 0 Å². The van der Waals surface area contributed by atoms with Crippen molar-refractivity contribution in [3.63, 3.8) is 0 Å². The van der Waals surface area contributed by atoms with Crippen molar-refractivity contribution >= 4 is 17.9 Å². The van der Waals surface area contributed by atoms with E-state index in [-0.39, 0.29) is 37.5 Å². The summed E-state index contributed by atoms with van der Waals surface area (Å²) in [4.78, 5) is 38.1. The summed E-state index contributed by atoms with van der Waals surface area (Å²) < 4.78 is 16.8. The third-order valence-electron chi connectivity index (χ3n) is 11.6. The first kappa shape index (κ1) is 66.6. The van der Waals surface area contributed by atoms with Crippen LogP contribution in [-0.4, -0.2) is 37.2 Å². The maximum Gasteiger partial charge on any atom is 0.306 e. The molecule has 71 heavy (non-hydrogen) atoms. The van der Waals surface area contributed by atoms with Crippen LogP contribution in [0.3, 0.4) is 0 Å². The molecule has 0 amide bonds. The molecule has 0 N–H and O–H groups in total. The van der Waals surface area contributed by atoms with Crippen molar-refractivity contribution in [1.82, 2.24) is 0 Å². The van der Waals surface area contributed by atoms with Crippen LogP contribution in [0, 0.1) is 0 Å². The van der Waals surface area contributed by atoms with Crippen LogP contribution in [0.25, 0.3) is 0 Å². The lowest BCUT2D eigenvalue weighted by Gasteiger charge is -2.18. The van der Waals surface area contributed by atoms with Crippen molar-refractivity contribution in [1.29, 1.82) is 0 Å². The zero-order valence-corrected chi connectivity index (χ0v) is 45.7. The summed E-state index contributed by atoms with van der Waals surface area (Å²) in [6, 6.07) is 0. The number of rotatable bonds is 50. The number of esters is 3. The average molecular weight is 982 g/mol. The van der Waals surface area contributed by atoms with Crippen molar-refractivity contribution in [2.45, 2.75) is 245 Å². The van der Waals surface area contributed by atoms with Crippen molar-refractivity contribution in [2.24, 2.45) is 0 Å². The third-order valence-corrected chi connectivity index (χ3v) is 11.6. The Hall–Kier alpha value is -4.45. The fourth-order valence-electron chi connectivity index (χ4n) is 7.37. The summed E-state index contributed by atoms with van der Waals surface area (Å²) in [6.07, 6.45) is 81.6. The molecule has 6 nitrogen and oxygen atoms in total. The molecule has 0 spiro atoms. The summed E-state index contributed by atoms with van der Waals surface area (Å²) in [5, 5.41) is 0. The van der Waals surface area contributed by atoms with E-state index >= 15 is 0 Å². The molecule has 0 fully saturated rings. The second-order valence-corrected chi connectivity index (χ2v) is 18.4. The highest BCUT2D eigenvalue weighted by atomic mass is 16.6. The van der Waals surface area contributed by atoms with Crippen LogP contribution in [0.5, 0.6) is 0 Å². The largest absolute Gasteiger partial charge is 0.462 e. The number of hydrogen-bond acceptors (Lipinski definition) is 6. The van der Waals surface area contributed by atoms with Gasteiger partial charge in [0.15, 0.2) is 6.10 Å². The normalized spacial score (nSPS) is 13.1. The van der Waals surface area contributed by atoms with Crippen LogP contribution in [0.2, 0.25) is 0 Å². The molecule has 0 saturated carbocycles. The number of unbranched alkanes of at least 4 members (excludes halogenated alkanes) is 17. The van der Waals surface area contributed by atoms with E-state index in [2.05, 4.69) is 154 Å². The van der Waals surface area contributed by atoms with Crippen LogP contribution in [0.1, 0.15) is 239 Å². The van der Waals surface area contributed by atoms with Gasteiger partial charge in [0.1, 0.15) is 13.2 Å². The van der Waals surface area contributed by atoms with Crippen molar-refractivity contribution in [2.75, 3.05) is 13.2 Å². The van der Waals surface area contributed by atoms with E-state index in [1.807, 2.05) is 0 Å². The van der Waals surface area contributed by atoms with Gasteiger partial charge in [0, 0.05) is 19.3 Å². The Morgan fingerprint density at radius 3 is 0.887 bits per heavy atom. The first-order valence-electron chi connectivity index (χ1n) is 28.7. The summed E-state index contributed by atoms with van der Waals surface area (Å²) in [5.74, 6) is -1.01. The van der Waals surface area contributed by atoms with Crippen LogP contribution in [-0.2, 0) is 28.6 Å². The second-order valence-electron chi connectivity index (χ2n) is 18.4. The average Bonchev–Trinajstić information content (AvgIpc) is 3.37. The lowest BCUT2D eigenvalue weighted by atomic mass is 10.1. The highest BCUT2D eigenvalue weighted by Crippen LogP contribution is 2.13. The zero-order valence-electron chi connectivity index (χ0n) is 45.7. The van der Waals surface area contributed by atoms with E-state index in [1.165, 1.54) is 70.6 Å². The second kappa shape index (κ2) is 58.1. The smallest absolute Gasteiger partial charge is 0.306 e. The highest BCUT2D eigenvalue weighted by molar-refractivity contribution is 5.71. The number of carbonyl (C=O) groups is 3. The Morgan fingerprint density at radius 2 is 0.549 bits per heavy atom. The Labute approximate surface area is 436 Å². The van der Waals surface area contributed by atoms with E-state index < -0.39 is 6.10 Å². The first-order valence-corrected chi connectivity index (χ1v) is 28.7. The first-order chi connectivity index (χ1) is 35.0. The predicted octanol–water partition coefficient (Wildman–Crippen LogP) is 19.4. The monoisotopic (exact) mass is 981 g/mol. The lowest BCUT2D eigenvalue weighted by molar-refractivity contribution is -0.167. The van der Waals surface area contributed by atoms with Gasteiger partial charge in [0.05, 0.1) is 0 Å². The van der Waals surface area contributed by atoms with Crippen LogP contribution in [0.4, 0.5) is 0 Å². The Bertz CT molecular complexity index is 1550. The van der Waals surface area contributed by atoms with Crippen LogP contribution >= 0.6 is 0 Å².